The maximum Gasteiger partial charge on any atom is 0.287 e. The SMILES string of the molecule is NCCc1cccc(-c2ccc([N+](=O)[O-])cn2)c1. The summed E-state index contributed by atoms with van der Waals surface area (Å²) in [4.78, 5) is 14.2. The highest BCUT2D eigenvalue weighted by atomic mass is 16.6. The molecule has 1 aromatic heterocycles. The van der Waals surface area contributed by atoms with Gasteiger partial charge in [0.2, 0.25) is 0 Å². The smallest absolute Gasteiger partial charge is 0.287 e. The van der Waals surface area contributed by atoms with Crippen molar-refractivity contribution in [1.29, 1.82) is 0 Å². The van der Waals surface area contributed by atoms with Gasteiger partial charge in [-0.1, -0.05) is 18.2 Å². The van der Waals surface area contributed by atoms with Crippen molar-refractivity contribution in [3.05, 3.63) is 58.3 Å². The number of hydrogen-bond acceptors (Lipinski definition) is 4. The molecule has 0 unspecified atom stereocenters. The molecule has 0 spiro atoms. The van der Waals surface area contributed by atoms with E-state index in [-0.39, 0.29) is 5.69 Å². The second kappa shape index (κ2) is 5.37. The van der Waals surface area contributed by atoms with Crippen LogP contribution in [-0.2, 0) is 6.42 Å². The molecule has 0 amide bonds. The summed E-state index contributed by atoms with van der Waals surface area (Å²) < 4.78 is 0. The van der Waals surface area contributed by atoms with Crippen LogP contribution >= 0.6 is 0 Å². The Hall–Kier alpha value is -2.27. The van der Waals surface area contributed by atoms with E-state index in [1.165, 1.54) is 12.3 Å². The summed E-state index contributed by atoms with van der Waals surface area (Å²) in [6, 6.07) is 11.0. The molecular weight excluding hydrogens is 230 g/mol. The Bertz CT molecular complexity index is 552. The largest absolute Gasteiger partial charge is 0.330 e. The summed E-state index contributed by atoms with van der Waals surface area (Å²) in [7, 11) is 0. The zero-order valence-corrected chi connectivity index (χ0v) is 9.74. The van der Waals surface area contributed by atoms with E-state index in [1.807, 2.05) is 24.3 Å². The fourth-order valence-corrected chi connectivity index (χ4v) is 1.72. The highest BCUT2D eigenvalue weighted by Gasteiger charge is 2.06. The van der Waals surface area contributed by atoms with E-state index in [0.29, 0.717) is 6.54 Å². The topological polar surface area (TPSA) is 82.0 Å². The number of benzene rings is 1. The van der Waals surface area contributed by atoms with E-state index in [1.54, 1.807) is 6.07 Å². The summed E-state index contributed by atoms with van der Waals surface area (Å²) in [5.41, 5.74) is 8.31. The van der Waals surface area contributed by atoms with Gasteiger partial charge >= 0.3 is 0 Å². The van der Waals surface area contributed by atoms with E-state index >= 15 is 0 Å². The maximum absolute atomic E-state index is 10.5. The van der Waals surface area contributed by atoms with Crippen LogP contribution in [-0.4, -0.2) is 16.5 Å². The number of rotatable bonds is 4. The van der Waals surface area contributed by atoms with E-state index in [0.717, 1.165) is 23.2 Å². The minimum atomic E-state index is -0.457. The Morgan fingerprint density at radius 2 is 2.11 bits per heavy atom. The normalized spacial score (nSPS) is 10.3. The van der Waals surface area contributed by atoms with Gasteiger partial charge in [0.05, 0.1) is 10.6 Å². The van der Waals surface area contributed by atoms with Crippen LogP contribution in [0.5, 0.6) is 0 Å². The highest BCUT2D eigenvalue weighted by Crippen LogP contribution is 2.20. The van der Waals surface area contributed by atoms with Crippen LogP contribution in [0.4, 0.5) is 5.69 Å². The third kappa shape index (κ3) is 2.70. The lowest BCUT2D eigenvalue weighted by molar-refractivity contribution is -0.385. The van der Waals surface area contributed by atoms with Gasteiger partial charge in [-0.3, -0.25) is 10.1 Å². The first-order chi connectivity index (χ1) is 8.70. The molecular formula is C13H13N3O2. The van der Waals surface area contributed by atoms with Gasteiger partial charge in [-0.25, -0.2) is 4.98 Å². The number of nitrogens with two attached hydrogens (primary N) is 1. The van der Waals surface area contributed by atoms with Crippen LogP contribution in [0, 0.1) is 10.1 Å². The zero-order valence-electron chi connectivity index (χ0n) is 9.74. The van der Waals surface area contributed by atoms with Crippen molar-refractivity contribution < 1.29 is 4.92 Å². The van der Waals surface area contributed by atoms with Gasteiger partial charge in [-0.05, 0) is 30.7 Å². The van der Waals surface area contributed by atoms with Gasteiger partial charge in [0.25, 0.3) is 5.69 Å². The summed E-state index contributed by atoms with van der Waals surface area (Å²) in [6.07, 6.45) is 2.08. The molecule has 0 saturated heterocycles. The fraction of sp³-hybridized carbons (Fsp3) is 0.154. The minimum Gasteiger partial charge on any atom is -0.330 e. The molecule has 5 nitrogen and oxygen atoms in total. The molecule has 0 aliphatic rings. The van der Waals surface area contributed by atoms with E-state index in [4.69, 9.17) is 5.73 Å². The van der Waals surface area contributed by atoms with Crippen molar-refractivity contribution in [3.8, 4) is 11.3 Å². The molecule has 0 saturated carbocycles. The van der Waals surface area contributed by atoms with E-state index in [9.17, 15) is 10.1 Å². The third-order valence-corrected chi connectivity index (χ3v) is 2.61. The molecule has 0 fully saturated rings. The third-order valence-electron chi connectivity index (χ3n) is 2.61. The molecule has 92 valence electrons. The van der Waals surface area contributed by atoms with Gasteiger partial charge in [0.15, 0.2) is 0 Å². The molecule has 0 aliphatic carbocycles. The second-order valence-electron chi connectivity index (χ2n) is 3.90. The number of nitro groups is 1. The molecule has 0 bridgehead atoms. The summed E-state index contributed by atoms with van der Waals surface area (Å²) in [6.45, 7) is 0.594. The van der Waals surface area contributed by atoms with Gasteiger partial charge < -0.3 is 5.73 Å². The number of pyridine rings is 1. The van der Waals surface area contributed by atoms with Crippen LogP contribution in [0.1, 0.15) is 5.56 Å². The molecule has 1 aromatic carbocycles. The first-order valence-electron chi connectivity index (χ1n) is 5.60. The molecule has 18 heavy (non-hydrogen) atoms. The predicted molar refractivity (Wildman–Crippen MR) is 69.1 cm³/mol. The Kier molecular flexibility index (Phi) is 3.64. The van der Waals surface area contributed by atoms with Crippen molar-refractivity contribution in [3.63, 3.8) is 0 Å². The quantitative estimate of drug-likeness (QED) is 0.659. The van der Waals surface area contributed by atoms with Crippen LogP contribution in [0.15, 0.2) is 42.6 Å². The first kappa shape index (κ1) is 12.2. The lowest BCUT2D eigenvalue weighted by atomic mass is 10.1. The van der Waals surface area contributed by atoms with Gasteiger partial charge in [-0.15, -0.1) is 0 Å². The van der Waals surface area contributed by atoms with Gasteiger partial charge in [-0.2, -0.15) is 0 Å². The minimum absolute atomic E-state index is 0.00290. The summed E-state index contributed by atoms with van der Waals surface area (Å²) in [5, 5.41) is 10.5. The molecule has 5 heteroatoms. The number of aromatic nitrogens is 1. The van der Waals surface area contributed by atoms with Crippen LogP contribution < -0.4 is 5.73 Å². The molecule has 2 aromatic rings. The zero-order chi connectivity index (χ0) is 13.0. The molecule has 0 aliphatic heterocycles. The Labute approximate surface area is 104 Å². The lowest BCUT2D eigenvalue weighted by Gasteiger charge is -2.03. The average molecular weight is 243 g/mol. The molecule has 2 N–H and O–H groups in total. The van der Waals surface area contributed by atoms with Crippen molar-refractivity contribution in [1.82, 2.24) is 4.98 Å². The van der Waals surface area contributed by atoms with Crippen LogP contribution in [0.2, 0.25) is 0 Å². The average Bonchev–Trinajstić information content (AvgIpc) is 2.39. The predicted octanol–water partition coefficient (Wildman–Crippen LogP) is 2.16. The Morgan fingerprint density at radius 3 is 2.72 bits per heavy atom. The second-order valence-corrected chi connectivity index (χ2v) is 3.90. The monoisotopic (exact) mass is 243 g/mol. The molecule has 2 rings (SSSR count). The van der Waals surface area contributed by atoms with Gasteiger partial charge in [0, 0.05) is 11.6 Å². The molecule has 0 atom stereocenters. The van der Waals surface area contributed by atoms with E-state index in [2.05, 4.69) is 4.98 Å². The Balaban J connectivity index is 2.30. The fourth-order valence-electron chi connectivity index (χ4n) is 1.72. The van der Waals surface area contributed by atoms with Crippen LogP contribution in [0.3, 0.4) is 0 Å². The summed E-state index contributed by atoms with van der Waals surface area (Å²) >= 11 is 0. The van der Waals surface area contributed by atoms with Crippen molar-refractivity contribution in [2.45, 2.75) is 6.42 Å². The van der Waals surface area contributed by atoms with Crippen molar-refractivity contribution in [2.75, 3.05) is 6.54 Å². The molecule has 0 radical (unpaired) electrons. The lowest BCUT2D eigenvalue weighted by Crippen LogP contribution is -2.02. The summed E-state index contributed by atoms with van der Waals surface area (Å²) in [5.74, 6) is 0. The molecule has 1 heterocycles. The van der Waals surface area contributed by atoms with E-state index < -0.39 is 4.92 Å². The number of nitrogens with zero attached hydrogens (tertiary/aromatic N) is 2. The highest BCUT2D eigenvalue weighted by molar-refractivity contribution is 5.60. The van der Waals surface area contributed by atoms with Crippen molar-refractivity contribution >= 4 is 5.69 Å². The Morgan fingerprint density at radius 1 is 1.28 bits per heavy atom. The van der Waals surface area contributed by atoms with Gasteiger partial charge in [0.1, 0.15) is 6.20 Å². The number of hydrogen-bond donors (Lipinski definition) is 1. The maximum atomic E-state index is 10.5. The standard InChI is InChI=1S/C13H13N3O2/c14-7-6-10-2-1-3-11(8-10)13-5-4-12(9-15-13)16(17)18/h1-5,8-9H,6-7,14H2. The van der Waals surface area contributed by atoms with Crippen LogP contribution in [0.25, 0.3) is 11.3 Å². The first-order valence-corrected chi connectivity index (χ1v) is 5.60. The van der Waals surface area contributed by atoms with Crippen molar-refractivity contribution in [2.24, 2.45) is 5.73 Å².